The monoisotopic (exact) mass is 401 g/mol. The predicted molar refractivity (Wildman–Crippen MR) is 112 cm³/mol. The molecule has 30 heavy (non-hydrogen) atoms. The van der Waals surface area contributed by atoms with Gasteiger partial charge in [-0.1, -0.05) is 30.3 Å². The zero-order valence-electron chi connectivity index (χ0n) is 16.6. The number of halogens is 1. The van der Waals surface area contributed by atoms with Crippen LogP contribution >= 0.6 is 0 Å². The van der Waals surface area contributed by atoms with Gasteiger partial charge in [-0.15, -0.1) is 10.2 Å². The second kappa shape index (κ2) is 8.29. The molecular formula is C24H20FN3O2. The molecule has 0 aliphatic rings. The lowest BCUT2D eigenvalue weighted by atomic mass is 10.1. The van der Waals surface area contributed by atoms with Crippen molar-refractivity contribution >= 4 is 5.91 Å². The highest BCUT2D eigenvalue weighted by Gasteiger charge is 2.14. The summed E-state index contributed by atoms with van der Waals surface area (Å²) in [7, 11) is 0. The predicted octanol–water partition coefficient (Wildman–Crippen LogP) is 5.34. The molecule has 0 radical (unpaired) electrons. The van der Waals surface area contributed by atoms with Crippen LogP contribution in [0.3, 0.4) is 0 Å². The quantitative estimate of drug-likeness (QED) is 0.490. The standard InChI is InChI=1S/C24H20FN3O2/c1-15-5-3-4-6-21(15)24-28-27-23(30-24)19-9-7-18(8-10-19)22(29)26-16(2)17-11-13-20(25)14-12-17/h3-14,16H,1-2H3,(H,26,29). The number of amides is 1. The number of aryl methyl sites for hydroxylation is 1. The topological polar surface area (TPSA) is 68.0 Å². The van der Waals surface area contributed by atoms with Gasteiger partial charge in [-0.25, -0.2) is 4.39 Å². The summed E-state index contributed by atoms with van der Waals surface area (Å²) in [5, 5.41) is 11.2. The van der Waals surface area contributed by atoms with Crippen LogP contribution in [-0.2, 0) is 0 Å². The van der Waals surface area contributed by atoms with Crippen LogP contribution in [-0.4, -0.2) is 16.1 Å². The lowest BCUT2D eigenvalue weighted by Gasteiger charge is -2.14. The summed E-state index contributed by atoms with van der Waals surface area (Å²) < 4.78 is 18.9. The summed E-state index contributed by atoms with van der Waals surface area (Å²) in [6, 6.07) is 20.6. The number of aromatic nitrogens is 2. The maximum atomic E-state index is 13.1. The van der Waals surface area contributed by atoms with Gasteiger partial charge in [0.05, 0.1) is 6.04 Å². The van der Waals surface area contributed by atoms with E-state index in [-0.39, 0.29) is 17.8 Å². The van der Waals surface area contributed by atoms with E-state index in [1.807, 2.05) is 38.1 Å². The van der Waals surface area contributed by atoms with E-state index in [0.29, 0.717) is 17.3 Å². The number of hydrogen-bond acceptors (Lipinski definition) is 4. The van der Waals surface area contributed by atoms with E-state index in [2.05, 4.69) is 15.5 Å². The van der Waals surface area contributed by atoms with Crippen LogP contribution in [0.2, 0.25) is 0 Å². The average molecular weight is 401 g/mol. The summed E-state index contributed by atoms with van der Waals surface area (Å²) in [5.41, 5.74) is 4.00. The van der Waals surface area contributed by atoms with Crippen LogP contribution < -0.4 is 5.32 Å². The largest absolute Gasteiger partial charge is 0.416 e. The molecule has 1 N–H and O–H groups in total. The Morgan fingerprint density at radius 3 is 2.30 bits per heavy atom. The van der Waals surface area contributed by atoms with Crippen molar-refractivity contribution in [3.8, 4) is 22.9 Å². The minimum absolute atomic E-state index is 0.218. The molecule has 4 aromatic rings. The van der Waals surface area contributed by atoms with Crippen molar-refractivity contribution in [1.82, 2.24) is 15.5 Å². The van der Waals surface area contributed by atoms with Gasteiger partial charge in [-0.2, -0.15) is 0 Å². The lowest BCUT2D eigenvalue weighted by molar-refractivity contribution is 0.0940. The van der Waals surface area contributed by atoms with Crippen LogP contribution in [0.1, 0.15) is 34.5 Å². The molecule has 0 fully saturated rings. The molecule has 0 spiro atoms. The van der Waals surface area contributed by atoms with Crippen LogP contribution in [0.15, 0.2) is 77.2 Å². The minimum Gasteiger partial charge on any atom is -0.416 e. The van der Waals surface area contributed by atoms with Gasteiger partial charge in [0.2, 0.25) is 11.8 Å². The smallest absolute Gasteiger partial charge is 0.251 e. The molecule has 1 atom stereocenters. The summed E-state index contributed by atoms with van der Waals surface area (Å²) in [6.07, 6.45) is 0. The Bertz CT molecular complexity index is 1170. The van der Waals surface area contributed by atoms with Crippen molar-refractivity contribution in [3.63, 3.8) is 0 Å². The third kappa shape index (κ3) is 4.12. The molecular weight excluding hydrogens is 381 g/mol. The molecule has 5 nitrogen and oxygen atoms in total. The first-order valence-corrected chi connectivity index (χ1v) is 9.57. The number of carbonyl (C=O) groups is 1. The van der Waals surface area contributed by atoms with E-state index < -0.39 is 0 Å². The van der Waals surface area contributed by atoms with Gasteiger partial charge in [-0.05, 0) is 67.4 Å². The lowest BCUT2D eigenvalue weighted by Crippen LogP contribution is -2.26. The molecule has 6 heteroatoms. The van der Waals surface area contributed by atoms with Gasteiger partial charge in [-0.3, -0.25) is 4.79 Å². The molecule has 0 bridgehead atoms. The Labute approximate surface area is 173 Å². The maximum absolute atomic E-state index is 13.1. The van der Waals surface area contributed by atoms with E-state index in [1.165, 1.54) is 12.1 Å². The van der Waals surface area contributed by atoms with Crippen molar-refractivity contribution in [3.05, 3.63) is 95.3 Å². The number of rotatable bonds is 5. The van der Waals surface area contributed by atoms with Crippen molar-refractivity contribution < 1.29 is 13.6 Å². The summed E-state index contributed by atoms with van der Waals surface area (Å²) >= 11 is 0. The van der Waals surface area contributed by atoms with E-state index >= 15 is 0 Å². The van der Waals surface area contributed by atoms with E-state index in [0.717, 1.165) is 22.3 Å². The summed E-state index contributed by atoms with van der Waals surface area (Å²) in [5.74, 6) is 0.321. The fourth-order valence-electron chi connectivity index (χ4n) is 3.14. The summed E-state index contributed by atoms with van der Waals surface area (Å²) in [4.78, 5) is 12.5. The first kappa shape index (κ1) is 19.5. The molecule has 3 aromatic carbocycles. The SMILES string of the molecule is Cc1ccccc1-c1nnc(-c2ccc(C(=O)NC(C)c3ccc(F)cc3)cc2)o1. The highest BCUT2D eigenvalue weighted by Crippen LogP contribution is 2.26. The zero-order valence-corrected chi connectivity index (χ0v) is 16.6. The number of carbonyl (C=O) groups excluding carboxylic acids is 1. The van der Waals surface area contributed by atoms with E-state index in [9.17, 15) is 9.18 Å². The fourth-order valence-corrected chi connectivity index (χ4v) is 3.14. The Morgan fingerprint density at radius 2 is 1.60 bits per heavy atom. The Hall–Kier alpha value is -3.80. The van der Waals surface area contributed by atoms with Crippen LogP contribution in [0, 0.1) is 12.7 Å². The van der Waals surface area contributed by atoms with Crippen molar-refractivity contribution in [1.29, 1.82) is 0 Å². The second-order valence-corrected chi connectivity index (χ2v) is 7.05. The van der Waals surface area contributed by atoms with Crippen LogP contribution in [0.25, 0.3) is 22.9 Å². The van der Waals surface area contributed by atoms with E-state index in [4.69, 9.17) is 4.42 Å². The van der Waals surface area contributed by atoms with Gasteiger partial charge in [0.25, 0.3) is 5.91 Å². The van der Waals surface area contributed by atoms with Gasteiger partial charge in [0.1, 0.15) is 5.82 Å². The van der Waals surface area contributed by atoms with Crippen LogP contribution in [0.4, 0.5) is 4.39 Å². The molecule has 1 unspecified atom stereocenters. The number of nitrogens with zero attached hydrogens (tertiary/aromatic N) is 2. The molecule has 4 rings (SSSR count). The molecule has 0 aliphatic carbocycles. The highest BCUT2D eigenvalue weighted by molar-refractivity contribution is 5.94. The molecule has 0 aliphatic heterocycles. The van der Waals surface area contributed by atoms with Gasteiger partial charge in [0, 0.05) is 16.7 Å². The normalized spacial score (nSPS) is 11.8. The third-order valence-corrected chi connectivity index (χ3v) is 4.91. The molecule has 150 valence electrons. The third-order valence-electron chi connectivity index (χ3n) is 4.91. The fraction of sp³-hybridized carbons (Fsp3) is 0.125. The van der Waals surface area contributed by atoms with Gasteiger partial charge in [0.15, 0.2) is 0 Å². The Morgan fingerprint density at radius 1 is 0.933 bits per heavy atom. The Kier molecular flexibility index (Phi) is 5.39. The van der Waals surface area contributed by atoms with Gasteiger partial charge >= 0.3 is 0 Å². The molecule has 1 aromatic heterocycles. The summed E-state index contributed by atoms with van der Waals surface area (Å²) in [6.45, 7) is 3.84. The van der Waals surface area contributed by atoms with E-state index in [1.54, 1.807) is 36.4 Å². The number of benzene rings is 3. The maximum Gasteiger partial charge on any atom is 0.251 e. The minimum atomic E-state index is -0.306. The first-order valence-electron chi connectivity index (χ1n) is 9.57. The van der Waals surface area contributed by atoms with Crippen molar-refractivity contribution in [2.75, 3.05) is 0 Å². The second-order valence-electron chi connectivity index (χ2n) is 7.05. The molecule has 1 amide bonds. The van der Waals surface area contributed by atoms with Crippen LogP contribution in [0.5, 0.6) is 0 Å². The number of hydrogen-bond donors (Lipinski definition) is 1. The molecule has 0 saturated carbocycles. The first-order chi connectivity index (χ1) is 14.5. The molecule has 1 heterocycles. The zero-order chi connectivity index (χ0) is 21.1. The van der Waals surface area contributed by atoms with Crippen molar-refractivity contribution in [2.45, 2.75) is 19.9 Å². The van der Waals surface area contributed by atoms with Gasteiger partial charge < -0.3 is 9.73 Å². The number of nitrogens with one attached hydrogen (secondary N) is 1. The highest BCUT2D eigenvalue weighted by atomic mass is 19.1. The van der Waals surface area contributed by atoms with Crippen molar-refractivity contribution in [2.24, 2.45) is 0 Å². The Balaban J connectivity index is 1.47. The molecule has 0 saturated heterocycles. The average Bonchev–Trinajstić information content (AvgIpc) is 3.24.